The van der Waals surface area contributed by atoms with Crippen molar-refractivity contribution in [3.8, 4) is 0 Å². The van der Waals surface area contributed by atoms with E-state index in [0.717, 1.165) is 69.4 Å². The van der Waals surface area contributed by atoms with E-state index in [4.69, 9.17) is 5.73 Å². The Labute approximate surface area is 178 Å². The fourth-order valence-corrected chi connectivity index (χ4v) is 4.29. The SMILES string of the molecule is Cl.NCCCN1CCN(CCCN2C(=O)c3cccc4cccc(c34)C2=O)CC1. The maximum atomic E-state index is 12.9. The summed E-state index contributed by atoms with van der Waals surface area (Å²) in [6.45, 7) is 7.40. The van der Waals surface area contributed by atoms with E-state index in [-0.39, 0.29) is 24.2 Å². The van der Waals surface area contributed by atoms with Crippen LogP contribution in [0.1, 0.15) is 33.6 Å². The zero-order valence-electron chi connectivity index (χ0n) is 16.7. The minimum atomic E-state index is -0.166. The van der Waals surface area contributed by atoms with Crippen molar-refractivity contribution in [2.75, 3.05) is 52.4 Å². The third kappa shape index (κ3) is 4.46. The Kier molecular flexibility index (Phi) is 7.24. The Balaban J connectivity index is 0.00000240. The van der Waals surface area contributed by atoms with E-state index in [0.29, 0.717) is 17.7 Å². The van der Waals surface area contributed by atoms with Gasteiger partial charge in [-0.3, -0.25) is 14.5 Å². The molecule has 2 amide bonds. The maximum Gasteiger partial charge on any atom is 0.261 e. The second-order valence-electron chi connectivity index (χ2n) is 7.65. The second-order valence-corrected chi connectivity index (χ2v) is 7.65. The van der Waals surface area contributed by atoms with E-state index in [9.17, 15) is 9.59 Å². The highest BCUT2D eigenvalue weighted by molar-refractivity contribution is 6.25. The van der Waals surface area contributed by atoms with Crippen LogP contribution in [0.3, 0.4) is 0 Å². The van der Waals surface area contributed by atoms with Crippen LogP contribution in [0.25, 0.3) is 10.8 Å². The predicted octanol–water partition coefficient (Wildman–Crippen LogP) is 2.21. The van der Waals surface area contributed by atoms with Gasteiger partial charge in [0.15, 0.2) is 0 Å². The number of nitrogens with two attached hydrogens (primary N) is 1. The van der Waals surface area contributed by atoms with Gasteiger partial charge in [0.05, 0.1) is 0 Å². The second kappa shape index (κ2) is 9.67. The summed E-state index contributed by atoms with van der Waals surface area (Å²) in [5, 5.41) is 1.74. The molecule has 29 heavy (non-hydrogen) atoms. The molecule has 0 spiro atoms. The van der Waals surface area contributed by atoms with Gasteiger partial charge in [-0.05, 0) is 50.0 Å². The summed E-state index contributed by atoms with van der Waals surface area (Å²) < 4.78 is 0. The van der Waals surface area contributed by atoms with Crippen LogP contribution in [0.15, 0.2) is 36.4 Å². The Morgan fingerprint density at radius 3 is 1.79 bits per heavy atom. The molecule has 1 fully saturated rings. The molecule has 6 nitrogen and oxygen atoms in total. The lowest BCUT2D eigenvalue weighted by Gasteiger charge is -2.35. The molecular weight excluding hydrogens is 388 g/mol. The number of rotatable bonds is 7. The third-order valence-corrected chi connectivity index (χ3v) is 5.86. The lowest BCUT2D eigenvalue weighted by molar-refractivity contribution is 0.0597. The summed E-state index contributed by atoms with van der Waals surface area (Å²) in [6.07, 6.45) is 1.85. The smallest absolute Gasteiger partial charge is 0.261 e. The van der Waals surface area contributed by atoms with Crippen molar-refractivity contribution in [1.29, 1.82) is 0 Å². The summed E-state index contributed by atoms with van der Waals surface area (Å²) in [7, 11) is 0. The summed E-state index contributed by atoms with van der Waals surface area (Å²) >= 11 is 0. The molecule has 7 heteroatoms. The van der Waals surface area contributed by atoms with Crippen LogP contribution in [0.2, 0.25) is 0 Å². The van der Waals surface area contributed by atoms with Gasteiger partial charge in [-0.2, -0.15) is 0 Å². The molecule has 2 aromatic rings. The Bertz CT molecular complexity index is 829. The Hall–Kier alpha value is -1.99. The van der Waals surface area contributed by atoms with Gasteiger partial charge in [-0.15, -0.1) is 12.4 Å². The van der Waals surface area contributed by atoms with Crippen molar-refractivity contribution >= 4 is 35.0 Å². The lowest BCUT2D eigenvalue weighted by Crippen LogP contribution is -2.48. The number of nitrogens with zero attached hydrogens (tertiary/aromatic N) is 3. The van der Waals surface area contributed by atoms with E-state index >= 15 is 0 Å². The highest BCUT2D eigenvalue weighted by Gasteiger charge is 2.32. The molecule has 2 aromatic carbocycles. The fourth-order valence-electron chi connectivity index (χ4n) is 4.29. The van der Waals surface area contributed by atoms with Gasteiger partial charge in [-0.25, -0.2) is 0 Å². The first-order chi connectivity index (χ1) is 13.7. The molecule has 2 aliphatic rings. The van der Waals surface area contributed by atoms with Gasteiger partial charge < -0.3 is 15.5 Å². The first kappa shape index (κ1) is 21.7. The van der Waals surface area contributed by atoms with Crippen molar-refractivity contribution < 1.29 is 9.59 Å². The molecular formula is C22H29ClN4O2. The number of hydrogen-bond acceptors (Lipinski definition) is 5. The molecule has 0 aromatic heterocycles. The lowest BCUT2D eigenvalue weighted by atomic mass is 9.94. The van der Waals surface area contributed by atoms with Crippen LogP contribution in [0.4, 0.5) is 0 Å². The molecule has 0 aliphatic carbocycles. The van der Waals surface area contributed by atoms with Crippen LogP contribution in [0.5, 0.6) is 0 Å². The van der Waals surface area contributed by atoms with E-state index in [2.05, 4.69) is 9.80 Å². The average Bonchev–Trinajstić information content (AvgIpc) is 2.73. The van der Waals surface area contributed by atoms with Gasteiger partial charge in [0.2, 0.25) is 0 Å². The molecule has 156 valence electrons. The zero-order chi connectivity index (χ0) is 19.5. The third-order valence-electron chi connectivity index (χ3n) is 5.86. The van der Waals surface area contributed by atoms with Crippen molar-refractivity contribution in [3.05, 3.63) is 47.5 Å². The average molecular weight is 417 g/mol. The molecule has 0 atom stereocenters. The van der Waals surface area contributed by atoms with Gasteiger partial charge in [-0.1, -0.05) is 24.3 Å². The standard InChI is InChI=1S/C22H28N4O2.ClH/c23-9-3-10-24-13-15-25(16-14-24)11-4-12-26-21(27)18-7-1-5-17-6-2-8-19(20(17)18)22(26)28;/h1-2,5-8H,3-4,9-16,23H2;1H. The number of benzene rings is 2. The van der Waals surface area contributed by atoms with Crippen molar-refractivity contribution in [2.45, 2.75) is 12.8 Å². The molecule has 0 saturated carbocycles. The first-order valence-electron chi connectivity index (χ1n) is 10.2. The molecule has 2 heterocycles. The maximum absolute atomic E-state index is 12.9. The summed E-state index contributed by atoms with van der Waals surface area (Å²) in [5.41, 5.74) is 6.87. The molecule has 0 radical (unpaired) electrons. The summed E-state index contributed by atoms with van der Waals surface area (Å²) in [5.74, 6) is -0.332. The number of halogens is 1. The topological polar surface area (TPSA) is 69.9 Å². The molecule has 0 unspecified atom stereocenters. The van der Waals surface area contributed by atoms with Gasteiger partial charge in [0, 0.05) is 49.2 Å². The Morgan fingerprint density at radius 2 is 1.28 bits per heavy atom. The number of hydrogen-bond donors (Lipinski definition) is 1. The minimum absolute atomic E-state index is 0. The van der Waals surface area contributed by atoms with Crippen molar-refractivity contribution in [3.63, 3.8) is 0 Å². The van der Waals surface area contributed by atoms with Crippen LogP contribution in [-0.4, -0.2) is 78.9 Å². The number of imide groups is 1. The first-order valence-corrected chi connectivity index (χ1v) is 10.2. The van der Waals surface area contributed by atoms with E-state index < -0.39 is 0 Å². The molecule has 2 N–H and O–H groups in total. The molecule has 0 bridgehead atoms. The van der Waals surface area contributed by atoms with E-state index in [1.54, 1.807) is 0 Å². The molecule has 4 rings (SSSR count). The number of piperazine rings is 1. The molecule has 2 aliphatic heterocycles. The van der Waals surface area contributed by atoms with Crippen molar-refractivity contribution in [2.24, 2.45) is 5.73 Å². The summed E-state index contributed by atoms with van der Waals surface area (Å²) in [6, 6.07) is 11.3. The number of carbonyl (C=O) groups is 2. The molecule has 1 saturated heterocycles. The highest BCUT2D eigenvalue weighted by atomic mass is 35.5. The van der Waals surface area contributed by atoms with Crippen LogP contribution in [-0.2, 0) is 0 Å². The zero-order valence-corrected chi connectivity index (χ0v) is 17.5. The normalized spacial score (nSPS) is 17.6. The summed E-state index contributed by atoms with van der Waals surface area (Å²) in [4.78, 5) is 32.1. The Morgan fingerprint density at radius 1 is 0.759 bits per heavy atom. The van der Waals surface area contributed by atoms with Crippen LogP contribution >= 0.6 is 12.4 Å². The van der Waals surface area contributed by atoms with E-state index in [1.807, 2.05) is 36.4 Å². The minimum Gasteiger partial charge on any atom is -0.330 e. The highest BCUT2D eigenvalue weighted by Crippen LogP contribution is 2.29. The largest absolute Gasteiger partial charge is 0.330 e. The van der Waals surface area contributed by atoms with E-state index in [1.165, 1.54) is 4.90 Å². The van der Waals surface area contributed by atoms with Crippen molar-refractivity contribution in [1.82, 2.24) is 14.7 Å². The predicted molar refractivity (Wildman–Crippen MR) is 118 cm³/mol. The monoisotopic (exact) mass is 416 g/mol. The van der Waals surface area contributed by atoms with Gasteiger partial charge in [0.1, 0.15) is 0 Å². The fraction of sp³-hybridized carbons (Fsp3) is 0.455. The number of carbonyl (C=O) groups excluding carboxylic acids is 2. The van der Waals surface area contributed by atoms with Gasteiger partial charge >= 0.3 is 0 Å². The van der Waals surface area contributed by atoms with Crippen LogP contribution in [0, 0.1) is 0 Å². The van der Waals surface area contributed by atoms with Gasteiger partial charge in [0.25, 0.3) is 11.8 Å². The number of amides is 2. The quantitative estimate of drug-likeness (QED) is 0.701. The van der Waals surface area contributed by atoms with Crippen LogP contribution < -0.4 is 5.73 Å².